The fourth-order valence-electron chi connectivity index (χ4n) is 3.37. The van der Waals surface area contributed by atoms with Gasteiger partial charge in [-0.15, -0.1) is 0 Å². The summed E-state index contributed by atoms with van der Waals surface area (Å²) < 4.78 is 10.9. The van der Waals surface area contributed by atoms with Gasteiger partial charge in [-0.1, -0.05) is 6.42 Å². The molecule has 0 unspecified atom stereocenters. The first-order chi connectivity index (χ1) is 10.8. The highest BCUT2D eigenvalue weighted by Crippen LogP contribution is 2.21. The Morgan fingerprint density at radius 3 is 2.70 bits per heavy atom. The zero-order chi connectivity index (χ0) is 17.0. The topological polar surface area (TPSA) is 62.2 Å². The van der Waals surface area contributed by atoms with Crippen LogP contribution in [0.1, 0.15) is 40.0 Å². The van der Waals surface area contributed by atoms with Crippen molar-refractivity contribution < 1.29 is 19.4 Å². The van der Waals surface area contributed by atoms with Crippen LogP contribution in [0.25, 0.3) is 0 Å². The number of likely N-dealkylation sites (tertiary alicyclic amines) is 1. The predicted octanol–water partition coefficient (Wildman–Crippen LogP) is 1.72. The number of ether oxygens (including phenoxy) is 2. The molecule has 0 aliphatic carbocycles. The summed E-state index contributed by atoms with van der Waals surface area (Å²) in [6, 6.07) is 0.0632. The molecule has 0 aromatic rings. The molecule has 0 aromatic carbocycles. The molecule has 6 nitrogen and oxygen atoms in total. The number of likely N-dealkylation sites (N-methyl/N-ethyl adjacent to an activating group) is 1. The molecule has 2 rings (SSSR count). The zero-order valence-corrected chi connectivity index (χ0v) is 15.0. The van der Waals surface area contributed by atoms with Gasteiger partial charge in [0.25, 0.3) is 0 Å². The lowest BCUT2D eigenvalue weighted by Crippen LogP contribution is -2.45. The van der Waals surface area contributed by atoms with Crippen molar-refractivity contribution in [3.63, 3.8) is 0 Å². The molecule has 0 spiro atoms. The third kappa shape index (κ3) is 5.62. The highest BCUT2D eigenvalue weighted by atomic mass is 16.6. The maximum Gasteiger partial charge on any atom is 0.410 e. The van der Waals surface area contributed by atoms with E-state index in [0.29, 0.717) is 19.1 Å². The molecular weight excluding hydrogens is 296 g/mol. The Morgan fingerprint density at radius 2 is 2.09 bits per heavy atom. The lowest BCUT2D eigenvalue weighted by atomic mass is 10.0. The van der Waals surface area contributed by atoms with Crippen molar-refractivity contribution in [1.82, 2.24) is 9.80 Å². The molecule has 2 aliphatic rings. The fraction of sp³-hybridized carbons (Fsp3) is 0.941. The summed E-state index contributed by atoms with van der Waals surface area (Å²) in [6.45, 7) is 9.06. The maximum atomic E-state index is 12.3. The number of nitrogens with zero attached hydrogens (tertiary/aromatic N) is 2. The molecule has 2 heterocycles. The van der Waals surface area contributed by atoms with Crippen LogP contribution >= 0.6 is 0 Å². The standard InChI is InChI=1S/C17H32N2O4/c1-17(2,3)23-16(21)19-8-6-5-7-13(10-19)9-18(4)14-11-22-12-15(14)20/h13-15,20H,5-12H2,1-4H3/t13-,14-,15-/m1/s1. The third-order valence-electron chi connectivity index (χ3n) is 4.55. The number of rotatable bonds is 3. The molecule has 1 amide bonds. The van der Waals surface area contributed by atoms with E-state index >= 15 is 0 Å². The van der Waals surface area contributed by atoms with Gasteiger partial charge in [-0.05, 0) is 46.6 Å². The number of carbonyl (C=O) groups is 1. The fourth-order valence-corrected chi connectivity index (χ4v) is 3.37. The summed E-state index contributed by atoms with van der Waals surface area (Å²) in [6.07, 6.45) is 2.63. The Bertz CT molecular complexity index is 397. The van der Waals surface area contributed by atoms with E-state index in [2.05, 4.69) is 4.90 Å². The lowest BCUT2D eigenvalue weighted by Gasteiger charge is -2.32. The number of amides is 1. The number of carbonyl (C=O) groups excluding carboxylic acids is 1. The first-order valence-corrected chi connectivity index (χ1v) is 8.70. The molecule has 2 aliphatic heterocycles. The molecule has 1 N–H and O–H groups in total. The molecular formula is C17H32N2O4. The van der Waals surface area contributed by atoms with Crippen molar-refractivity contribution in [3.8, 4) is 0 Å². The minimum atomic E-state index is -0.457. The van der Waals surface area contributed by atoms with Gasteiger partial charge >= 0.3 is 6.09 Å². The Kier molecular flexibility index (Phi) is 6.28. The molecule has 0 saturated carbocycles. The van der Waals surface area contributed by atoms with Crippen LogP contribution in [0.4, 0.5) is 4.79 Å². The smallest absolute Gasteiger partial charge is 0.410 e. The normalized spacial score (nSPS) is 29.7. The van der Waals surface area contributed by atoms with Crippen LogP contribution in [-0.4, -0.2) is 78.6 Å². The second-order valence-corrected chi connectivity index (χ2v) is 7.90. The van der Waals surface area contributed by atoms with Crippen molar-refractivity contribution in [2.75, 3.05) is 39.9 Å². The Hall–Kier alpha value is -0.850. The van der Waals surface area contributed by atoms with Crippen molar-refractivity contribution in [3.05, 3.63) is 0 Å². The van der Waals surface area contributed by atoms with E-state index < -0.39 is 11.7 Å². The van der Waals surface area contributed by atoms with Crippen LogP contribution in [0.3, 0.4) is 0 Å². The number of aliphatic hydroxyl groups is 1. The minimum Gasteiger partial charge on any atom is -0.444 e. The van der Waals surface area contributed by atoms with Gasteiger partial charge in [0.1, 0.15) is 5.60 Å². The second-order valence-electron chi connectivity index (χ2n) is 7.90. The van der Waals surface area contributed by atoms with Gasteiger partial charge in [-0.25, -0.2) is 4.79 Å². The molecule has 0 radical (unpaired) electrons. The van der Waals surface area contributed by atoms with E-state index in [4.69, 9.17) is 9.47 Å². The maximum absolute atomic E-state index is 12.3. The molecule has 6 heteroatoms. The molecule has 2 saturated heterocycles. The van der Waals surface area contributed by atoms with Gasteiger partial charge in [-0.3, -0.25) is 4.90 Å². The summed E-state index contributed by atoms with van der Waals surface area (Å²) in [5.41, 5.74) is -0.457. The summed E-state index contributed by atoms with van der Waals surface area (Å²) in [7, 11) is 2.03. The van der Waals surface area contributed by atoms with Gasteiger partial charge < -0.3 is 19.5 Å². The molecule has 134 valence electrons. The molecule has 23 heavy (non-hydrogen) atoms. The average Bonchev–Trinajstić information content (AvgIpc) is 2.72. The predicted molar refractivity (Wildman–Crippen MR) is 88.4 cm³/mol. The van der Waals surface area contributed by atoms with Crippen molar-refractivity contribution in [1.29, 1.82) is 0 Å². The molecule has 2 fully saturated rings. The Labute approximate surface area is 139 Å². The summed E-state index contributed by atoms with van der Waals surface area (Å²) in [4.78, 5) is 16.4. The average molecular weight is 328 g/mol. The van der Waals surface area contributed by atoms with Crippen molar-refractivity contribution in [2.24, 2.45) is 5.92 Å². The number of hydrogen-bond acceptors (Lipinski definition) is 5. The third-order valence-corrected chi connectivity index (χ3v) is 4.55. The van der Waals surface area contributed by atoms with E-state index in [0.717, 1.165) is 38.9 Å². The van der Waals surface area contributed by atoms with Crippen LogP contribution in [0, 0.1) is 5.92 Å². The highest BCUT2D eigenvalue weighted by Gasteiger charge is 2.32. The monoisotopic (exact) mass is 328 g/mol. The quantitative estimate of drug-likeness (QED) is 0.855. The number of aliphatic hydroxyl groups excluding tert-OH is 1. The largest absolute Gasteiger partial charge is 0.444 e. The number of hydrogen-bond donors (Lipinski definition) is 1. The van der Waals surface area contributed by atoms with Gasteiger partial charge in [0.05, 0.1) is 25.4 Å². The van der Waals surface area contributed by atoms with Crippen LogP contribution < -0.4 is 0 Å². The second kappa shape index (κ2) is 7.81. The molecule has 0 bridgehead atoms. The Morgan fingerprint density at radius 1 is 1.35 bits per heavy atom. The SMILES string of the molecule is CN(C[C@H]1CCCCN(C(=O)OC(C)(C)C)C1)[C@@H]1COC[C@H]1O. The Balaban J connectivity index is 1.90. The van der Waals surface area contributed by atoms with E-state index in [1.807, 2.05) is 32.7 Å². The van der Waals surface area contributed by atoms with Crippen LogP contribution in [0.5, 0.6) is 0 Å². The van der Waals surface area contributed by atoms with Gasteiger partial charge in [0.15, 0.2) is 0 Å². The molecule has 3 atom stereocenters. The van der Waals surface area contributed by atoms with Gasteiger partial charge in [0.2, 0.25) is 0 Å². The van der Waals surface area contributed by atoms with Crippen LogP contribution in [0.2, 0.25) is 0 Å². The summed E-state index contributed by atoms with van der Waals surface area (Å²) in [5, 5.41) is 9.96. The minimum absolute atomic E-state index is 0.0632. The first-order valence-electron chi connectivity index (χ1n) is 8.70. The van der Waals surface area contributed by atoms with Crippen LogP contribution in [0.15, 0.2) is 0 Å². The van der Waals surface area contributed by atoms with Crippen LogP contribution in [-0.2, 0) is 9.47 Å². The highest BCUT2D eigenvalue weighted by molar-refractivity contribution is 5.68. The van der Waals surface area contributed by atoms with Crippen molar-refractivity contribution in [2.45, 2.75) is 57.8 Å². The van der Waals surface area contributed by atoms with E-state index in [1.54, 1.807) is 0 Å². The summed E-state index contributed by atoms with van der Waals surface area (Å²) >= 11 is 0. The summed E-state index contributed by atoms with van der Waals surface area (Å²) in [5.74, 6) is 0.405. The van der Waals surface area contributed by atoms with Gasteiger partial charge in [-0.2, -0.15) is 0 Å². The zero-order valence-electron chi connectivity index (χ0n) is 15.0. The van der Waals surface area contributed by atoms with Crippen molar-refractivity contribution >= 4 is 6.09 Å². The first kappa shape index (κ1) is 18.5. The van der Waals surface area contributed by atoms with Gasteiger partial charge in [0, 0.05) is 19.6 Å². The van der Waals surface area contributed by atoms with E-state index in [-0.39, 0.29) is 12.1 Å². The lowest BCUT2D eigenvalue weighted by molar-refractivity contribution is 0.0212. The van der Waals surface area contributed by atoms with E-state index in [1.165, 1.54) is 0 Å². The van der Waals surface area contributed by atoms with E-state index in [9.17, 15) is 9.90 Å². The molecule has 0 aromatic heterocycles.